The van der Waals surface area contributed by atoms with E-state index >= 15 is 0 Å². The Kier molecular flexibility index (Phi) is 4.37. The zero-order valence-corrected chi connectivity index (χ0v) is 12.2. The molecule has 0 unspecified atom stereocenters. The fourth-order valence-electron chi connectivity index (χ4n) is 1.91. The topological polar surface area (TPSA) is 53.8 Å². The average molecular weight is 290 g/mol. The van der Waals surface area contributed by atoms with E-state index in [2.05, 4.69) is 0 Å². The molecule has 1 aromatic rings. The maximum absolute atomic E-state index is 12.1. The SMILES string of the molecule is CN(C)S(=O)(=O)N1CCS[C@@H](c2ccco2)CC1. The molecular weight excluding hydrogens is 272 g/mol. The summed E-state index contributed by atoms with van der Waals surface area (Å²) < 4.78 is 32.3. The Labute approximate surface area is 112 Å². The van der Waals surface area contributed by atoms with E-state index in [1.165, 1.54) is 4.31 Å². The van der Waals surface area contributed by atoms with E-state index in [0.717, 1.165) is 17.9 Å². The first-order chi connectivity index (χ1) is 8.51. The Bertz CT molecular complexity index is 470. The summed E-state index contributed by atoms with van der Waals surface area (Å²) in [6.07, 6.45) is 2.44. The smallest absolute Gasteiger partial charge is 0.281 e. The van der Waals surface area contributed by atoms with E-state index in [1.54, 1.807) is 36.4 Å². The molecule has 0 saturated carbocycles. The van der Waals surface area contributed by atoms with Gasteiger partial charge in [-0.05, 0) is 18.6 Å². The first-order valence-corrected chi connectivity index (χ1v) is 8.29. The van der Waals surface area contributed by atoms with Crippen LogP contribution in [0.3, 0.4) is 0 Å². The van der Waals surface area contributed by atoms with Crippen LogP contribution in [-0.2, 0) is 10.2 Å². The lowest BCUT2D eigenvalue weighted by atomic mass is 10.2. The molecule has 0 spiro atoms. The van der Waals surface area contributed by atoms with Crippen molar-refractivity contribution in [3.8, 4) is 0 Å². The standard InChI is InChI=1S/C11H18N2O3S2/c1-12(2)18(14,15)13-6-5-11(17-9-7-13)10-4-3-8-16-10/h3-4,8,11H,5-7,9H2,1-2H3/t11-/m1/s1. The number of hydrogen-bond acceptors (Lipinski definition) is 4. The molecule has 1 aromatic heterocycles. The minimum absolute atomic E-state index is 0.252. The minimum Gasteiger partial charge on any atom is -0.468 e. The van der Waals surface area contributed by atoms with Gasteiger partial charge in [-0.15, -0.1) is 11.8 Å². The van der Waals surface area contributed by atoms with Crippen LogP contribution in [0.4, 0.5) is 0 Å². The van der Waals surface area contributed by atoms with Crippen LogP contribution < -0.4 is 0 Å². The van der Waals surface area contributed by atoms with Crippen molar-refractivity contribution in [1.29, 1.82) is 0 Å². The van der Waals surface area contributed by atoms with E-state index in [9.17, 15) is 8.42 Å². The number of furan rings is 1. The van der Waals surface area contributed by atoms with Crippen molar-refractivity contribution in [2.45, 2.75) is 11.7 Å². The molecule has 1 fully saturated rings. The molecular formula is C11H18N2O3S2. The fraction of sp³-hybridized carbons (Fsp3) is 0.636. The average Bonchev–Trinajstić information content (AvgIpc) is 2.73. The van der Waals surface area contributed by atoms with Crippen molar-refractivity contribution in [3.63, 3.8) is 0 Å². The van der Waals surface area contributed by atoms with Crippen molar-refractivity contribution >= 4 is 22.0 Å². The first-order valence-electron chi connectivity index (χ1n) is 5.84. The Balaban J connectivity index is 2.05. The lowest BCUT2D eigenvalue weighted by Gasteiger charge is -2.23. The van der Waals surface area contributed by atoms with Crippen LogP contribution in [0.5, 0.6) is 0 Å². The van der Waals surface area contributed by atoms with Crippen molar-refractivity contribution in [2.75, 3.05) is 32.9 Å². The molecule has 2 heterocycles. The van der Waals surface area contributed by atoms with Gasteiger partial charge in [0.05, 0.1) is 11.5 Å². The third kappa shape index (κ3) is 2.90. The molecule has 18 heavy (non-hydrogen) atoms. The Hall–Kier alpha value is -0.500. The molecule has 0 amide bonds. The fourth-order valence-corrected chi connectivity index (χ4v) is 4.33. The molecule has 0 aromatic carbocycles. The van der Waals surface area contributed by atoms with Crippen LogP contribution in [0.15, 0.2) is 22.8 Å². The summed E-state index contributed by atoms with van der Waals surface area (Å²) in [6.45, 7) is 1.10. The van der Waals surface area contributed by atoms with Gasteiger partial charge in [0, 0.05) is 32.9 Å². The van der Waals surface area contributed by atoms with Gasteiger partial charge in [-0.1, -0.05) is 0 Å². The summed E-state index contributed by atoms with van der Waals surface area (Å²) in [4.78, 5) is 0. The Morgan fingerprint density at radius 3 is 2.83 bits per heavy atom. The number of rotatable bonds is 3. The van der Waals surface area contributed by atoms with Crippen LogP contribution in [0.2, 0.25) is 0 Å². The molecule has 0 aliphatic carbocycles. The van der Waals surface area contributed by atoms with E-state index in [4.69, 9.17) is 4.42 Å². The van der Waals surface area contributed by atoms with Gasteiger partial charge in [-0.2, -0.15) is 17.0 Å². The largest absolute Gasteiger partial charge is 0.468 e. The van der Waals surface area contributed by atoms with Gasteiger partial charge >= 0.3 is 0 Å². The normalized spacial score (nSPS) is 23.2. The highest BCUT2D eigenvalue weighted by atomic mass is 32.2. The second-order valence-electron chi connectivity index (χ2n) is 4.35. The van der Waals surface area contributed by atoms with Crippen molar-refractivity contribution < 1.29 is 12.8 Å². The van der Waals surface area contributed by atoms with E-state index < -0.39 is 10.2 Å². The minimum atomic E-state index is -3.29. The highest BCUT2D eigenvalue weighted by Gasteiger charge is 2.29. The molecule has 0 radical (unpaired) electrons. The Morgan fingerprint density at radius 2 is 2.22 bits per heavy atom. The molecule has 2 rings (SSSR count). The van der Waals surface area contributed by atoms with Crippen LogP contribution in [-0.4, -0.2) is 50.0 Å². The van der Waals surface area contributed by atoms with E-state index in [0.29, 0.717) is 13.1 Å². The number of thioether (sulfide) groups is 1. The lowest BCUT2D eigenvalue weighted by Crippen LogP contribution is -2.41. The van der Waals surface area contributed by atoms with Gasteiger partial charge in [-0.3, -0.25) is 0 Å². The molecule has 0 N–H and O–H groups in total. The quantitative estimate of drug-likeness (QED) is 0.848. The van der Waals surface area contributed by atoms with Gasteiger partial charge in [0.25, 0.3) is 10.2 Å². The van der Waals surface area contributed by atoms with Gasteiger partial charge in [0.1, 0.15) is 5.76 Å². The van der Waals surface area contributed by atoms with E-state index in [-0.39, 0.29) is 5.25 Å². The molecule has 7 heteroatoms. The summed E-state index contributed by atoms with van der Waals surface area (Å²) >= 11 is 1.75. The summed E-state index contributed by atoms with van der Waals surface area (Å²) in [7, 11) is -0.159. The third-order valence-electron chi connectivity index (χ3n) is 2.95. The molecule has 1 atom stereocenters. The molecule has 1 saturated heterocycles. The second kappa shape index (κ2) is 5.64. The second-order valence-corrected chi connectivity index (χ2v) is 7.81. The van der Waals surface area contributed by atoms with Gasteiger partial charge in [-0.25, -0.2) is 0 Å². The van der Waals surface area contributed by atoms with Crippen molar-refractivity contribution in [3.05, 3.63) is 24.2 Å². The van der Waals surface area contributed by atoms with Gasteiger partial charge in [0.2, 0.25) is 0 Å². The first kappa shape index (κ1) is 13.9. The Morgan fingerprint density at radius 1 is 1.44 bits per heavy atom. The highest BCUT2D eigenvalue weighted by molar-refractivity contribution is 7.99. The predicted octanol–water partition coefficient (Wildman–Crippen LogP) is 1.57. The number of hydrogen-bond donors (Lipinski definition) is 0. The van der Waals surface area contributed by atoms with E-state index in [1.807, 2.05) is 12.1 Å². The van der Waals surface area contributed by atoms with Crippen molar-refractivity contribution in [2.24, 2.45) is 0 Å². The zero-order chi connectivity index (χ0) is 13.2. The van der Waals surface area contributed by atoms with Crippen LogP contribution in [0.25, 0.3) is 0 Å². The molecule has 1 aliphatic rings. The molecule has 102 valence electrons. The predicted molar refractivity (Wildman–Crippen MR) is 72.7 cm³/mol. The number of nitrogens with zero attached hydrogens (tertiary/aromatic N) is 2. The lowest BCUT2D eigenvalue weighted by molar-refractivity contribution is 0.382. The molecule has 1 aliphatic heterocycles. The maximum Gasteiger partial charge on any atom is 0.281 e. The highest BCUT2D eigenvalue weighted by Crippen LogP contribution is 2.35. The monoisotopic (exact) mass is 290 g/mol. The molecule has 5 nitrogen and oxygen atoms in total. The van der Waals surface area contributed by atoms with Crippen molar-refractivity contribution in [1.82, 2.24) is 8.61 Å². The van der Waals surface area contributed by atoms with Crippen LogP contribution >= 0.6 is 11.8 Å². The third-order valence-corrected chi connectivity index (χ3v) is 6.18. The molecule has 0 bridgehead atoms. The summed E-state index contributed by atoms with van der Waals surface area (Å²) in [5, 5.41) is 0.252. The van der Waals surface area contributed by atoms with Gasteiger partial charge < -0.3 is 4.42 Å². The van der Waals surface area contributed by atoms with Crippen LogP contribution in [0, 0.1) is 0 Å². The summed E-state index contributed by atoms with van der Waals surface area (Å²) in [6, 6.07) is 3.82. The zero-order valence-electron chi connectivity index (χ0n) is 10.6. The summed E-state index contributed by atoms with van der Waals surface area (Å²) in [5.41, 5.74) is 0. The van der Waals surface area contributed by atoms with Gasteiger partial charge in [0.15, 0.2) is 0 Å². The maximum atomic E-state index is 12.1. The summed E-state index contributed by atoms with van der Waals surface area (Å²) in [5.74, 6) is 1.72. The van der Waals surface area contributed by atoms with Crippen LogP contribution in [0.1, 0.15) is 17.4 Å².